The van der Waals surface area contributed by atoms with Gasteiger partial charge in [-0.3, -0.25) is 14.4 Å². The maximum atomic E-state index is 11.4. The van der Waals surface area contributed by atoms with E-state index in [1.54, 1.807) is 6.20 Å². The number of hydrogen-bond donors (Lipinski definition) is 2. The van der Waals surface area contributed by atoms with Crippen LogP contribution in [0.4, 0.5) is 0 Å². The Balaban J connectivity index is 1.92. The molecule has 0 unspecified atom stereocenters. The van der Waals surface area contributed by atoms with Gasteiger partial charge in [0, 0.05) is 12.4 Å². The van der Waals surface area contributed by atoms with Crippen LogP contribution in [-0.2, 0) is 20.8 Å². The second kappa shape index (κ2) is 5.28. The number of fused-ring (bicyclic) bond motifs is 1. The fourth-order valence-corrected chi connectivity index (χ4v) is 1.46. The molecule has 2 aromatic heterocycles. The number of carbonyl (C=O) groups excluding carboxylic acids is 2. The summed E-state index contributed by atoms with van der Waals surface area (Å²) in [6.07, 6.45) is 3.66. The van der Waals surface area contributed by atoms with E-state index in [2.05, 4.69) is 15.3 Å². The number of nitrogens with one attached hydrogen (secondary N) is 1. The van der Waals surface area contributed by atoms with Gasteiger partial charge < -0.3 is 10.1 Å². The van der Waals surface area contributed by atoms with Crippen LogP contribution in [0.2, 0.25) is 0 Å². The molecule has 0 aliphatic carbocycles. The minimum Gasteiger partial charge on any atom is -0.368 e. The van der Waals surface area contributed by atoms with Crippen LogP contribution in [0.1, 0.15) is 5.69 Å². The lowest BCUT2D eigenvalue weighted by atomic mass is 10.3. The van der Waals surface area contributed by atoms with Gasteiger partial charge in [0.2, 0.25) is 11.8 Å². The molecule has 94 valence electrons. The lowest BCUT2D eigenvalue weighted by Crippen LogP contribution is -2.30. The van der Waals surface area contributed by atoms with Crippen LogP contribution in [-0.4, -0.2) is 27.8 Å². The summed E-state index contributed by atoms with van der Waals surface area (Å²) in [7, 11) is 0. The minimum absolute atomic E-state index is 0.0699. The Morgan fingerprint density at radius 1 is 1.44 bits per heavy atom. The molecule has 0 saturated carbocycles. The standard InChI is InChI=1S/C11H12N4O3/c12-9(16)7-18-14-11(17)5-8-6-15-4-2-1-3-10(15)13-8/h1-4,6H,5,7H2,(H2,12,16)(H,14,17). The average molecular weight is 248 g/mol. The fourth-order valence-electron chi connectivity index (χ4n) is 1.46. The number of pyridine rings is 1. The monoisotopic (exact) mass is 248 g/mol. The Bertz CT molecular complexity index is 545. The molecule has 2 rings (SSSR count). The predicted octanol–water partition coefficient (Wildman–Crippen LogP) is -0.590. The topological polar surface area (TPSA) is 98.7 Å². The van der Waals surface area contributed by atoms with Crippen LogP contribution >= 0.6 is 0 Å². The summed E-state index contributed by atoms with van der Waals surface area (Å²) in [5, 5.41) is 0. The zero-order valence-electron chi connectivity index (χ0n) is 9.50. The number of hydroxylamine groups is 1. The molecule has 0 saturated heterocycles. The molecule has 0 bridgehead atoms. The normalized spacial score (nSPS) is 10.4. The molecule has 0 fully saturated rings. The SMILES string of the molecule is NC(=O)CONC(=O)Cc1cn2ccccc2n1. The van der Waals surface area contributed by atoms with Crippen molar-refractivity contribution in [2.24, 2.45) is 5.73 Å². The zero-order valence-corrected chi connectivity index (χ0v) is 9.50. The van der Waals surface area contributed by atoms with Crippen LogP contribution in [0, 0.1) is 0 Å². The lowest BCUT2D eigenvalue weighted by Gasteiger charge is -2.01. The fraction of sp³-hybridized carbons (Fsp3) is 0.182. The molecule has 2 amide bonds. The summed E-state index contributed by atoms with van der Waals surface area (Å²) >= 11 is 0. The minimum atomic E-state index is -0.650. The number of hydrogen-bond acceptors (Lipinski definition) is 4. The Hall–Kier alpha value is -2.41. The van der Waals surface area contributed by atoms with Gasteiger partial charge in [-0.15, -0.1) is 0 Å². The summed E-state index contributed by atoms with van der Waals surface area (Å²) in [6.45, 7) is -0.350. The Morgan fingerprint density at radius 2 is 2.28 bits per heavy atom. The van der Waals surface area contributed by atoms with Crippen LogP contribution < -0.4 is 11.2 Å². The number of aromatic nitrogens is 2. The van der Waals surface area contributed by atoms with Gasteiger partial charge in [-0.1, -0.05) is 6.07 Å². The summed E-state index contributed by atoms with van der Waals surface area (Å²) in [6, 6.07) is 5.57. The highest BCUT2D eigenvalue weighted by molar-refractivity contribution is 5.78. The summed E-state index contributed by atoms with van der Waals surface area (Å²) < 4.78 is 1.81. The van der Waals surface area contributed by atoms with E-state index >= 15 is 0 Å². The maximum Gasteiger partial charge on any atom is 0.249 e. The summed E-state index contributed by atoms with van der Waals surface area (Å²) in [4.78, 5) is 30.7. The molecule has 2 heterocycles. The smallest absolute Gasteiger partial charge is 0.249 e. The molecule has 0 spiro atoms. The molecule has 0 aliphatic heterocycles. The van der Waals surface area contributed by atoms with Crippen molar-refractivity contribution in [3.8, 4) is 0 Å². The van der Waals surface area contributed by atoms with Gasteiger partial charge in [-0.25, -0.2) is 10.5 Å². The van der Waals surface area contributed by atoms with Crippen LogP contribution in [0.15, 0.2) is 30.6 Å². The number of primary amides is 1. The first kappa shape index (κ1) is 12.1. The molecule has 18 heavy (non-hydrogen) atoms. The van der Waals surface area contributed by atoms with Gasteiger partial charge in [0.1, 0.15) is 5.65 Å². The highest BCUT2D eigenvalue weighted by Gasteiger charge is 2.07. The summed E-state index contributed by atoms with van der Waals surface area (Å²) in [5.41, 5.74) is 8.34. The van der Waals surface area contributed by atoms with Crippen molar-refractivity contribution < 1.29 is 14.4 Å². The van der Waals surface area contributed by atoms with Crippen LogP contribution in [0.25, 0.3) is 5.65 Å². The third-order valence-corrected chi connectivity index (χ3v) is 2.16. The number of nitrogens with two attached hydrogens (primary N) is 1. The molecule has 7 nitrogen and oxygen atoms in total. The Labute approximate surface area is 103 Å². The number of imidazole rings is 1. The first-order valence-electron chi connectivity index (χ1n) is 5.26. The molecule has 0 radical (unpaired) electrons. The number of rotatable bonds is 5. The van der Waals surface area contributed by atoms with E-state index in [4.69, 9.17) is 5.73 Å². The van der Waals surface area contributed by atoms with Crippen molar-refractivity contribution in [2.75, 3.05) is 6.61 Å². The molecular formula is C11H12N4O3. The van der Waals surface area contributed by atoms with Gasteiger partial charge >= 0.3 is 0 Å². The molecule has 7 heteroatoms. The third-order valence-electron chi connectivity index (χ3n) is 2.16. The van der Waals surface area contributed by atoms with Gasteiger partial charge in [-0.05, 0) is 12.1 Å². The van der Waals surface area contributed by atoms with Crippen molar-refractivity contribution in [1.82, 2.24) is 14.9 Å². The molecule has 0 aromatic carbocycles. The number of nitrogens with zero attached hydrogens (tertiary/aromatic N) is 2. The largest absolute Gasteiger partial charge is 0.368 e. The Kier molecular flexibility index (Phi) is 3.54. The van der Waals surface area contributed by atoms with E-state index in [1.807, 2.05) is 28.8 Å². The van der Waals surface area contributed by atoms with Crippen LogP contribution in [0.5, 0.6) is 0 Å². The van der Waals surface area contributed by atoms with Crippen molar-refractivity contribution in [2.45, 2.75) is 6.42 Å². The van der Waals surface area contributed by atoms with E-state index in [-0.39, 0.29) is 18.9 Å². The second-order valence-electron chi connectivity index (χ2n) is 3.66. The van der Waals surface area contributed by atoms with E-state index in [0.717, 1.165) is 5.65 Å². The molecule has 0 atom stereocenters. The highest BCUT2D eigenvalue weighted by atomic mass is 16.7. The predicted molar refractivity (Wildman–Crippen MR) is 62.2 cm³/mol. The number of carbonyl (C=O) groups is 2. The molecule has 0 aliphatic rings. The molecule has 2 aromatic rings. The average Bonchev–Trinajstić information content (AvgIpc) is 2.70. The first-order valence-corrected chi connectivity index (χ1v) is 5.26. The van der Waals surface area contributed by atoms with E-state index in [1.165, 1.54) is 0 Å². The van der Waals surface area contributed by atoms with Crippen LogP contribution in [0.3, 0.4) is 0 Å². The molecule has 3 N–H and O–H groups in total. The maximum absolute atomic E-state index is 11.4. The van der Waals surface area contributed by atoms with Gasteiger partial charge in [0.25, 0.3) is 0 Å². The Morgan fingerprint density at radius 3 is 3.00 bits per heavy atom. The second-order valence-corrected chi connectivity index (χ2v) is 3.66. The van der Waals surface area contributed by atoms with Gasteiger partial charge in [0.15, 0.2) is 6.61 Å². The van der Waals surface area contributed by atoms with Crippen molar-refractivity contribution >= 4 is 17.5 Å². The quantitative estimate of drug-likeness (QED) is 0.691. The lowest BCUT2D eigenvalue weighted by molar-refractivity contribution is -0.137. The van der Waals surface area contributed by atoms with E-state index < -0.39 is 5.91 Å². The third kappa shape index (κ3) is 3.05. The first-order chi connectivity index (χ1) is 8.65. The van der Waals surface area contributed by atoms with Crippen molar-refractivity contribution in [3.63, 3.8) is 0 Å². The van der Waals surface area contributed by atoms with Crippen molar-refractivity contribution in [1.29, 1.82) is 0 Å². The van der Waals surface area contributed by atoms with Gasteiger partial charge in [0.05, 0.1) is 12.1 Å². The highest BCUT2D eigenvalue weighted by Crippen LogP contribution is 2.04. The van der Waals surface area contributed by atoms with Gasteiger partial charge in [-0.2, -0.15) is 0 Å². The van der Waals surface area contributed by atoms with E-state index in [9.17, 15) is 9.59 Å². The van der Waals surface area contributed by atoms with Crippen molar-refractivity contribution in [3.05, 3.63) is 36.3 Å². The zero-order chi connectivity index (χ0) is 13.0. The number of amides is 2. The summed E-state index contributed by atoms with van der Waals surface area (Å²) in [5.74, 6) is -1.04. The van der Waals surface area contributed by atoms with E-state index in [0.29, 0.717) is 5.69 Å². The molecular weight excluding hydrogens is 236 g/mol.